The number of halogens is 1. The quantitative estimate of drug-likeness (QED) is 0.828. The van der Waals surface area contributed by atoms with Crippen LogP contribution in [0.1, 0.15) is 37.6 Å². The molecule has 0 saturated carbocycles. The molecule has 0 aromatic carbocycles. The van der Waals surface area contributed by atoms with Gasteiger partial charge in [0.15, 0.2) is 0 Å². The van der Waals surface area contributed by atoms with Gasteiger partial charge in [-0.1, -0.05) is 25.4 Å². The van der Waals surface area contributed by atoms with Crippen LogP contribution in [0.5, 0.6) is 0 Å². The molecule has 0 fully saturated rings. The molecule has 1 aliphatic heterocycles. The Morgan fingerprint density at radius 1 is 1.41 bits per heavy atom. The number of pyridine rings is 1. The minimum atomic E-state index is 0.0220. The largest absolute Gasteiger partial charge is 0.362 e. The third-order valence-corrected chi connectivity index (χ3v) is 5.24. The van der Waals surface area contributed by atoms with Gasteiger partial charge in [0.2, 0.25) is 0 Å². The second kappa shape index (κ2) is 6.19. The summed E-state index contributed by atoms with van der Waals surface area (Å²) in [6, 6.07) is 6.64. The smallest absolute Gasteiger partial charge is 0.129 e. The lowest BCUT2D eigenvalue weighted by atomic mass is 9.91. The van der Waals surface area contributed by atoms with Crippen LogP contribution >= 0.6 is 22.9 Å². The van der Waals surface area contributed by atoms with Crippen LogP contribution in [0, 0.1) is 0 Å². The molecule has 3 nitrogen and oxygen atoms in total. The average molecular weight is 336 g/mol. The summed E-state index contributed by atoms with van der Waals surface area (Å²) in [5, 5.41) is 8.27. The van der Waals surface area contributed by atoms with Crippen molar-refractivity contribution in [2.24, 2.45) is 0 Å². The molecule has 3 rings (SSSR count). The maximum absolute atomic E-state index is 6.12. The fourth-order valence-electron chi connectivity index (χ4n) is 3.27. The van der Waals surface area contributed by atoms with Gasteiger partial charge in [-0.3, -0.25) is 0 Å². The Hall–Kier alpha value is -1.10. The minimum Gasteiger partial charge on any atom is -0.362 e. The van der Waals surface area contributed by atoms with Crippen molar-refractivity contribution in [3.05, 3.63) is 45.4 Å². The second-order valence-corrected chi connectivity index (χ2v) is 7.65. The SMILES string of the molecule is CNCCC(c1ccsc1)N1CC(C)(C)c2nc(Cl)ccc21. The van der Waals surface area contributed by atoms with Crippen molar-refractivity contribution in [1.29, 1.82) is 0 Å². The van der Waals surface area contributed by atoms with E-state index in [1.807, 2.05) is 13.1 Å². The molecule has 1 atom stereocenters. The molecule has 0 amide bonds. The van der Waals surface area contributed by atoms with Gasteiger partial charge >= 0.3 is 0 Å². The normalized spacial score (nSPS) is 17.5. The summed E-state index contributed by atoms with van der Waals surface area (Å²) in [7, 11) is 2.01. The predicted molar refractivity (Wildman–Crippen MR) is 95.2 cm³/mol. The molecule has 22 heavy (non-hydrogen) atoms. The maximum atomic E-state index is 6.12. The zero-order valence-electron chi connectivity index (χ0n) is 13.3. The van der Waals surface area contributed by atoms with Gasteiger partial charge in [-0.25, -0.2) is 4.98 Å². The van der Waals surface area contributed by atoms with E-state index in [9.17, 15) is 0 Å². The molecule has 1 N–H and O–H groups in total. The first-order valence-corrected chi connectivity index (χ1v) is 8.95. The third kappa shape index (κ3) is 2.87. The number of rotatable bonds is 5. The highest BCUT2D eigenvalue weighted by atomic mass is 35.5. The van der Waals surface area contributed by atoms with Crippen LogP contribution in [0.2, 0.25) is 5.15 Å². The fraction of sp³-hybridized carbons (Fsp3) is 0.471. The molecule has 0 bridgehead atoms. The number of fused-ring (bicyclic) bond motifs is 1. The first-order valence-electron chi connectivity index (χ1n) is 7.63. The van der Waals surface area contributed by atoms with Crippen LogP contribution in [-0.2, 0) is 5.41 Å². The van der Waals surface area contributed by atoms with Gasteiger partial charge in [0.05, 0.1) is 17.4 Å². The number of hydrogen-bond donors (Lipinski definition) is 1. The summed E-state index contributed by atoms with van der Waals surface area (Å²) in [4.78, 5) is 7.11. The van der Waals surface area contributed by atoms with Gasteiger partial charge in [-0.15, -0.1) is 0 Å². The van der Waals surface area contributed by atoms with E-state index in [0.717, 1.165) is 25.2 Å². The third-order valence-electron chi connectivity index (χ3n) is 4.33. The summed E-state index contributed by atoms with van der Waals surface area (Å²) in [5.41, 5.74) is 3.75. The molecule has 1 aliphatic rings. The lowest BCUT2D eigenvalue weighted by Crippen LogP contribution is -2.33. The molecular weight excluding hydrogens is 314 g/mol. The van der Waals surface area contributed by atoms with Crippen LogP contribution < -0.4 is 10.2 Å². The molecule has 2 aromatic rings. The van der Waals surface area contributed by atoms with Crippen LogP contribution in [0.15, 0.2) is 29.0 Å². The van der Waals surface area contributed by atoms with E-state index in [4.69, 9.17) is 11.6 Å². The van der Waals surface area contributed by atoms with Crippen molar-refractivity contribution in [2.75, 3.05) is 25.0 Å². The van der Waals surface area contributed by atoms with Crippen molar-refractivity contribution in [3.63, 3.8) is 0 Å². The monoisotopic (exact) mass is 335 g/mol. The Labute approximate surface area is 141 Å². The molecule has 0 saturated heterocycles. The van der Waals surface area contributed by atoms with Crippen molar-refractivity contribution < 1.29 is 0 Å². The van der Waals surface area contributed by atoms with E-state index in [1.165, 1.54) is 11.3 Å². The van der Waals surface area contributed by atoms with E-state index < -0.39 is 0 Å². The lowest BCUT2D eigenvalue weighted by Gasteiger charge is -2.31. The van der Waals surface area contributed by atoms with Crippen molar-refractivity contribution in [1.82, 2.24) is 10.3 Å². The van der Waals surface area contributed by atoms with Crippen molar-refractivity contribution in [2.45, 2.75) is 31.7 Å². The van der Waals surface area contributed by atoms with Crippen LogP contribution in [-0.4, -0.2) is 25.1 Å². The number of nitrogens with zero attached hydrogens (tertiary/aromatic N) is 2. The van der Waals surface area contributed by atoms with Crippen molar-refractivity contribution >= 4 is 28.6 Å². The Morgan fingerprint density at radius 2 is 2.23 bits per heavy atom. The average Bonchev–Trinajstić information content (AvgIpc) is 3.08. The molecule has 1 unspecified atom stereocenters. The van der Waals surface area contributed by atoms with Crippen LogP contribution in [0.25, 0.3) is 0 Å². The number of thiophene rings is 1. The Morgan fingerprint density at radius 3 is 2.91 bits per heavy atom. The van der Waals surface area contributed by atoms with E-state index in [-0.39, 0.29) is 5.41 Å². The van der Waals surface area contributed by atoms with Gasteiger partial charge < -0.3 is 10.2 Å². The summed E-state index contributed by atoms with van der Waals surface area (Å²) >= 11 is 7.88. The highest BCUT2D eigenvalue weighted by Gasteiger charge is 2.39. The predicted octanol–water partition coefficient (Wildman–Crippen LogP) is 4.24. The topological polar surface area (TPSA) is 28.2 Å². The molecular formula is C17H22ClN3S. The highest BCUT2D eigenvalue weighted by molar-refractivity contribution is 7.08. The van der Waals surface area contributed by atoms with Gasteiger partial charge in [0, 0.05) is 12.0 Å². The molecule has 118 valence electrons. The summed E-state index contributed by atoms with van der Waals surface area (Å²) < 4.78 is 0. The number of aromatic nitrogens is 1. The Bertz CT molecular complexity index is 639. The molecule has 2 aromatic heterocycles. The van der Waals surface area contributed by atoms with Gasteiger partial charge in [0.25, 0.3) is 0 Å². The van der Waals surface area contributed by atoms with E-state index in [0.29, 0.717) is 11.2 Å². The fourth-order valence-corrected chi connectivity index (χ4v) is 4.12. The first-order chi connectivity index (χ1) is 10.5. The van der Waals surface area contributed by atoms with E-state index in [1.54, 1.807) is 11.3 Å². The lowest BCUT2D eigenvalue weighted by molar-refractivity contribution is 0.491. The van der Waals surface area contributed by atoms with Gasteiger partial charge in [0.1, 0.15) is 5.15 Å². The molecule has 5 heteroatoms. The van der Waals surface area contributed by atoms with Crippen LogP contribution in [0.4, 0.5) is 5.69 Å². The van der Waals surface area contributed by atoms with Gasteiger partial charge in [-0.2, -0.15) is 11.3 Å². The maximum Gasteiger partial charge on any atom is 0.129 e. The van der Waals surface area contributed by atoms with E-state index >= 15 is 0 Å². The minimum absolute atomic E-state index is 0.0220. The molecule has 3 heterocycles. The van der Waals surface area contributed by atoms with E-state index in [2.05, 4.69) is 51.9 Å². The molecule has 0 radical (unpaired) electrons. The molecule has 0 spiro atoms. The number of hydrogen-bond acceptors (Lipinski definition) is 4. The second-order valence-electron chi connectivity index (χ2n) is 6.48. The van der Waals surface area contributed by atoms with Gasteiger partial charge in [-0.05, 0) is 54.5 Å². The highest BCUT2D eigenvalue weighted by Crippen LogP contribution is 2.44. The zero-order chi connectivity index (χ0) is 15.7. The molecule has 0 aliphatic carbocycles. The number of nitrogens with one attached hydrogen (secondary N) is 1. The first kappa shape index (κ1) is 15.8. The summed E-state index contributed by atoms with van der Waals surface area (Å²) in [6.45, 7) is 6.46. The van der Waals surface area contributed by atoms with Crippen LogP contribution in [0.3, 0.4) is 0 Å². The summed E-state index contributed by atoms with van der Waals surface area (Å²) in [6.07, 6.45) is 1.07. The summed E-state index contributed by atoms with van der Waals surface area (Å²) in [5.74, 6) is 0. The standard InChI is InChI=1S/C17H22ClN3S/c1-17(2)11-21(14-4-5-15(18)20-16(14)17)13(6-8-19-3)12-7-9-22-10-12/h4-5,7,9-10,13,19H,6,8,11H2,1-3H3. The Balaban J connectivity index is 2.00. The number of anilines is 1. The zero-order valence-corrected chi connectivity index (χ0v) is 14.8. The Kier molecular flexibility index (Phi) is 4.44. The van der Waals surface area contributed by atoms with Crippen molar-refractivity contribution in [3.8, 4) is 0 Å².